The Bertz CT molecular complexity index is 1250. The zero-order valence-corrected chi connectivity index (χ0v) is 15.3. The molecule has 0 saturated heterocycles. The van der Waals surface area contributed by atoms with Crippen LogP contribution >= 0.6 is 11.6 Å². The summed E-state index contributed by atoms with van der Waals surface area (Å²) in [4.78, 5) is 4.45. The smallest absolute Gasteiger partial charge is 0.196 e. The number of hydrogen-bond acceptors (Lipinski definition) is 2. The predicted molar refractivity (Wildman–Crippen MR) is 112 cm³/mol. The molecule has 0 bridgehead atoms. The van der Waals surface area contributed by atoms with Gasteiger partial charge in [-0.2, -0.15) is 0 Å². The third-order valence-corrected chi connectivity index (χ3v) is 5.17. The van der Waals surface area contributed by atoms with Crippen LogP contribution < -0.4 is 15.9 Å². The molecule has 5 rings (SSSR count). The van der Waals surface area contributed by atoms with Crippen molar-refractivity contribution in [3.05, 3.63) is 107 Å². The van der Waals surface area contributed by atoms with Crippen LogP contribution in [-0.4, -0.2) is 5.62 Å². The molecule has 0 fully saturated rings. The molecule has 0 aliphatic carbocycles. The molecule has 3 heteroatoms. The van der Waals surface area contributed by atoms with Gasteiger partial charge in [-0.05, 0) is 33.5 Å². The molecule has 2 nitrogen and oxygen atoms in total. The van der Waals surface area contributed by atoms with E-state index >= 15 is 0 Å². The zero-order chi connectivity index (χ0) is 18.2. The largest absolute Gasteiger partial charge is 0.350 e. The first-order valence-electron chi connectivity index (χ1n) is 8.96. The van der Waals surface area contributed by atoms with Gasteiger partial charge in [0.05, 0.1) is 11.1 Å². The van der Waals surface area contributed by atoms with Crippen LogP contribution in [0, 0.1) is 0 Å². The number of alkyl halides is 1. The topological polar surface area (TPSA) is 24.4 Å². The maximum absolute atomic E-state index is 6.28. The summed E-state index contributed by atoms with van der Waals surface area (Å²) in [5.41, 5.74) is 4.11. The summed E-state index contributed by atoms with van der Waals surface area (Å²) in [6.45, 7) is 0. The van der Waals surface area contributed by atoms with Crippen molar-refractivity contribution in [2.75, 3.05) is 0 Å². The second-order valence-electron chi connectivity index (χ2n) is 6.61. The van der Waals surface area contributed by atoms with Gasteiger partial charge < -0.3 is 5.32 Å². The highest BCUT2D eigenvalue weighted by atomic mass is 35.5. The Labute approximate surface area is 162 Å². The Balaban J connectivity index is 1.63. The van der Waals surface area contributed by atoms with Gasteiger partial charge in [-0.25, -0.2) is 4.99 Å². The molecule has 0 saturated carbocycles. The van der Waals surface area contributed by atoms with Crippen molar-refractivity contribution in [3.8, 4) is 11.1 Å². The van der Waals surface area contributed by atoms with Crippen LogP contribution in [0.5, 0.6) is 0 Å². The lowest BCUT2D eigenvalue weighted by atomic mass is 9.97. The monoisotopic (exact) mass is 368 g/mol. The predicted octanol–water partition coefficient (Wildman–Crippen LogP) is 4.41. The average molecular weight is 369 g/mol. The molecule has 1 heterocycles. The third-order valence-electron chi connectivity index (χ3n) is 4.96. The molecule has 27 heavy (non-hydrogen) atoms. The standard InChI is InChI=1S/C24H17ClN2/c25-24-26-22-11-4-3-9-21(22)23(27-24)18-14-12-17(13-15-18)20-10-5-7-16-6-1-2-8-19(16)20/h1-15,24,27H. The van der Waals surface area contributed by atoms with Crippen LogP contribution in [0.15, 0.2) is 96.0 Å². The fraction of sp³-hybridized carbons (Fsp3) is 0.0417. The highest BCUT2D eigenvalue weighted by Gasteiger charge is 2.13. The average Bonchev–Trinajstić information content (AvgIpc) is 2.73. The number of nitrogens with one attached hydrogen (secondary N) is 1. The fourth-order valence-corrected chi connectivity index (χ4v) is 3.90. The molecule has 0 amide bonds. The summed E-state index contributed by atoms with van der Waals surface area (Å²) in [7, 11) is 0. The van der Waals surface area contributed by atoms with Gasteiger partial charge in [-0.1, -0.05) is 96.5 Å². The highest BCUT2D eigenvalue weighted by molar-refractivity contribution is 6.20. The van der Waals surface area contributed by atoms with Crippen LogP contribution in [0.1, 0.15) is 5.56 Å². The van der Waals surface area contributed by atoms with Crippen molar-refractivity contribution in [2.45, 2.75) is 5.62 Å². The van der Waals surface area contributed by atoms with E-state index in [9.17, 15) is 0 Å². The van der Waals surface area contributed by atoms with Gasteiger partial charge in [0.1, 0.15) is 0 Å². The molecule has 4 aromatic carbocycles. The lowest BCUT2D eigenvalue weighted by Crippen LogP contribution is -2.41. The number of rotatable bonds is 2. The van der Waals surface area contributed by atoms with Crippen LogP contribution in [0.25, 0.3) is 27.6 Å². The lowest BCUT2D eigenvalue weighted by Gasteiger charge is -2.18. The summed E-state index contributed by atoms with van der Waals surface area (Å²) in [6.07, 6.45) is 0. The van der Waals surface area contributed by atoms with Gasteiger partial charge >= 0.3 is 0 Å². The van der Waals surface area contributed by atoms with Crippen molar-refractivity contribution in [1.82, 2.24) is 5.32 Å². The first-order chi connectivity index (χ1) is 13.3. The van der Waals surface area contributed by atoms with E-state index in [-0.39, 0.29) is 0 Å². The lowest BCUT2D eigenvalue weighted by molar-refractivity contribution is 0.776. The summed E-state index contributed by atoms with van der Waals surface area (Å²) in [6, 6.07) is 31.6. The molecular formula is C24H17ClN2. The van der Waals surface area contributed by atoms with Crippen molar-refractivity contribution in [2.24, 2.45) is 4.99 Å². The van der Waals surface area contributed by atoms with E-state index < -0.39 is 5.62 Å². The minimum atomic E-state index is -0.451. The minimum absolute atomic E-state index is 0.451. The van der Waals surface area contributed by atoms with Gasteiger partial charge in [-0.15, -0.1) is 0 Å². The Hall–Kier alpha value is -3.10. The normalized spacial score (nSPS) is 15.7. The summed E-state index contributed by atoms with van der Waals surface area (Å²) >= 11 is 6.28. The first-order valence-corrected chi connectivity index (χ1v) is 9.40. The van der Waals surface area contributed by atoms with Crippen molar-refractivity contribution >= 4 is 28.1 Å². The number of hydrogen-bond donors (Lipinski definition) is 1. The molecule has 1 unspecified atom stereocenters. The van der Waals surface area contributed by atoms with E-state index in [0.717, 1.165) is 21.8 Å². The first kappa shape index (κ1) is 16.1. The quantitative estimate of drug-likeness (QED) is 0.411. The third kappa shape index (κ3) is 2.88. The molecule has 130 valence electrons. The van der Waals surface area contributed by atoms with Crippen molar-refractivity contribution in [1.29, 1.82) is 0 Å². The molecule has 1 N–H and O–H groups in total. The van der Waals surface area contributed by atoms with E-state index in [1.165, 1.54) is 21.9 Å². The molecule has 0 radical (unpaired) electrons. The molecular weight excluding hydrogens is 352 g/mol. The second kappa shape index (κ2) is 6.57. The highest BCUT2D eigenvalue weighted by Crippen LogP contribution is 2.29. The van der Waals surface area contributed by atoms with Crippen LogP contribution in [0.4, 0.5) is 0 Å². The van der Waals surface area contributed by atoms with E-state index in [0.29, 0.717) is 0 Å². The summed E-state index contributed by atoms with van der Waals surface area (Å²) in [5, 5.41) is 7.81. The molecule has 1 atom stereocenters. The molecule has 0 aromatic heterocycles. The fourth-order valence-electron chi connectivity index (χ4n) is 3.68. The van der Waals surface area contributed by atoms with Gasteiger partial charge in [0.2, 0.25) is 0 Å². The van der Waals surface area contributed by atoms with E-state index in [1.54, 1.807) is 0 Å². The van der Waals surface area contributed by atoms with Gasteiger partial charge in [-0.3, -0.25) is 0 Å². The number of nitrogens with zero attached hydrogens (tertiary/aromatic N) is 1. The Morgan fingerprint density at radius 2 is 1.41 bits per heavy atom. The minimum Gasteiger partial charge on any atom is -0.350 e. The number of halogens is 1. The Kier molecular flexibility index (Phi) is 3.92. The summed E-state index contributed by atoms with van der Waals surface area (Å²) < 4.78 is 0. The number of para-hydroxylation sites is 1. The van der Waals surface area contributed by atoms with Crippen LogP contribution in [0.3, 0.4) is 0 Å². The Morgan fingerprint density at radius 1 is 0.704 bits per heavy atom. The second-order valence-corrected chi connectivity index (χ2v) is 7.02. The van der Waals surface area contributed by atoms with E-state index in [4.69, 9.17) is 11.6 Å². The maximum atomic E-state index is 6.28. The van der Waals surface area contributed by atoms with Crippen molar-refractivity contribution in [3.63, 3.8) is 0 Å². The van der Waals surface area contributed by atoms with E-state index in [2.05, 4.69) is 83.1 Å². The van der Waals surface area contributed by atoms with Crippen molar-refractivity contribution < 1.29 is 0 Å². The number of fused-ring (bicyclic) bond motifs is 2. The van der Waals surface area contributed by atoms with Gasteiger partial charge in [0, 0.05) is 5.22 Å². The number of benzene rings is 4. The molecule has 1 aliphatic rings. The van der Waals surface area contributed by atoms with E-state index in [1.807, 2.05) is 18.2 Å². The maximum Gasteiger partial charge on any atom is 0.196 e. The van der Waals surface area contributed by atoms with Gasteiger partial charge in [0.25, 0.3) is 0 Å². The summed E-state index contributed by atoms with van der Waals surface area (Å²) in [5.74, 6) is 0. The van der Waals surface area contributed by atoms with Crippen LogP contribution in [0.2, 0.25) is 0 Å². The van der Waals surface area contributed by atoms with Crippen LogP contribution in [-0.2, 0) is 0 Å². The molecule has 0 spiro atoms. The van der Waals surface area contributed by atoms with Gasteiger partial charge in [0.15, 0.2) is 5.62 Å². The molecule has 1 aliphatic heterocycles. The molecule has 4 aromatic rings. The SMILES string of the molecule is ClC1N=c2ccccc2=C(c2ccc(-c3cccc4ccccc34)cc2)N1. The Morgan fingerprint density at radius 3 is 2.30 bits per heavy atom. The zero-order valence-electron chi connectivity index (χ0n) is 14.6.